The lowest BCUT2D eigenvalue weighted by atomic mass is 10.2. The Morgan fingerprint density at radius 3 is 2.46 bits per heavy atom. The van der Waals surface area contributed by atoms with Crippen molar-refractivity contribution in [2.24, 2.45) is 5.14 Å². The Kier molecular flexibility index (Phi) is 2.68. The number of primary sulfonamides is 1. The number of sulfonamides is 1. The van der Waals surface area contributed by atoms with Gasteiger partial charge in [-0.2, -0.15) is 0 Å². The number of hydrogen-bond donors (Lipinski definition) is 1. The van der Waals surface area contributed by atoms with Crippen LogP contribution in [-0.4, -0.2) is 8.42 Å². The monoisotopic (exact) mass is 203 g/mol. The van der Waals surface area contributed by atoms with Crippen LogP contribution in [0.5, 0.6) is 0 Å². The number of halogens is 1. The Hall–Kier alpha value is -0.940. The number of benzene rings is 1. The molecule has 2 N–H and O–H groups in total. The second-order valence-electron chi connectivity index (χ2n) is 2.66. The molecule has 1 rings (SSSR count). The molecule has 0 aliphatic carbocycles. The van der Waals surface area contributed by atoms with Gasteiger partial charge in [-0.05, 0) is 24.1 Å². The van der Waals surface area contributed by atoms with Gasteiger partial charge in [0.15, 0.2) is 0 Å². The predicted molar refractivity (Wildman–Crippen MR) is 47.2 cm³/mol. The minimum Gasteiger partial charge on any atom is -0.225 e. The quantitative estimate of drug-likeness (QED) is 0.780. The first-order valence-electron chi connectivity index (χ1n) is 3.76. The molecule has 0 spiro atoms. The summed E-state index contributed by atoms with van der Waals surface area (Å²) >= 11 is 0. The highest BCUT2D eigenvalue weighted by atomic mass is 32.2. The van der Waals surface area contributed by atoms with E-state index in [0.717, 1.165) is 5.56 Å². The summed E-state index contributed by atoms with van der Waals surface area (Å²) in [6.07, 6.45) is 0.655. The van der Waals surface area contributed by atoms with Gasteiger partial charge in [0.25, 0.3) is 0 Å². The van der Waals surface area contributed by atoms with Crippen LogP contribution < -0.4 is 5.14 Å². The molecule has 0 saturated carbocycles. The number of rotatable bonds is 2. The Morgan fingerprint density at radius 2 is 2.08 bits per heavy atom. The van der Waals surface area contributed by atoms with Gasteiger partial charge in [0.2, 0.25) is 10.0 Å². The Bertz CT molecular complexity index is 414. The molecular weight excluding hydrogens is 193 g/mol. The predicted octanol–water partition coefficient (Wildman–Crippen LogP) is 1.04. The van der Waals surface area contributed by atoms with Crippen LogP contribution >= 0.6 is 0 Å². The summed E-state index contributed by atoms with van der Waals surface area (Å²) in [7, 11) is -3.93. The summed E-state index contributed by atoms with van der Waals surface area (Å²) in [5, 5.41) is 4.78. The van der Waals surface area contributed by atoms with E-state index in [0.29, 0.717) is 6.42 Å². The van der Waals surface area contributed by atoms with Crippen LogP contribution in [0, 0.1) is 5.82 Å². The highest BCUT2D eigenvalue weighted by Crippen LogP contribution is 2.14. The molecule has 0 fully saturated rings. The van der Waals surface area contributed by atoms with E-state index in [4.69, 9.17) is 5.14 Å². The number of nitrogens with two attached hydrogens (primary N) is 1. The molecule has 0 saturated heterocycles. The molecule has 0 aromatic heterocycles. The topological polar surface area (TPSA) is 60.2 Å². The molecule has 0 heterocycles. The minimum absolute atomic E-state index is 0.454. The highest BCUT2D eigenvalue weighted by molar-refractivity contribution is 7.89. The first-order valence-corrected chi connectivity index (χ1v) is 5.31. The van der Waals surface area contributed by atoms with Crippen molar-refractivity contribution in [1.29, 1.82) is 0 Å². The maximum Gasteiger partial charge on any atom is 0.240 e. The molecule has 0 aliphatic heterocycles. The van der Waals surface area contributed by atoms with Crippen LogP contribution in [-0.2, 0) is 16.4 Å². The van der Waals surface area contributed by atoms with E-state index in [1.165, 1.54) is 12.1 Å². The van der Waals surface area contributed by atoms with Crippen LogP contribution in [0.3, 0.4) is 0 Å². The average Bonchev–Trinajstić information content (AvgIpc) is 2.01. The third-order valence-electron chi connectivity index (χ3n) is 1.71. The first kappa shape index (κ1) is 10.1. The van der Waals surface area contributed by atoms with E-state index in [1.807, 2.05) is 6.92 Å². The molecule has 13 heavy (non-hydrogen) atoms. The lowest BCUT2D eigenvalue weighted by Gasteiger charge is -2.01. The highest BCUT2D eigenvalue weighted by Gasteiger charge is 2.13. The van der Waals surface area contributed by atoms with E-state index in [-0.39, 0.29) is 0 Å². The van der Waals surface area contributed by atoms with E-state index in [1.54, 1.807) is 6.07 Å². The lowest BCUT2D eigenvalue weighted by molar-refractivity contribution is 0.567. The third kappa shape index (κ3) is 2.26. The van der Waals surface area contributed by atoms with Crippen LogP contribution in [0.25, 0.3) is 0 Å². The summed E-state index contributed by atoms with van der Waals surface area (Å²) in [6.45, 7) is 1.85. The van der Waals surface area contributed by atoms with Crippen molar-refractivity contribution in [3.8, 4) is 0 Å². The summed E-state index contributed by atoms with van der Waals surface area (Å²) in [5.41, 5.74) is 0.741. The summed E-state index contributed by atoms with van der Waals surface area (Å²) in [5.74, 6) is -0.790. The fraction of sp³-hybridized carbons (Fsp3) is 0.250. The molecular formula is C8H10FNO2S. The number of aryl methyl sites for hydroxylation is 1. The Morgan fingerprint density at radius 1 is 1.46 bits per heavy atom. The van der Waals surface area contributed by atoms with Crippen molar-refractivity contribution in [3.05, 3.63) is 29.6 Å². The molecule has 0 radical (unpaired) electrons. The largest absolute Gasteiger partial charge is 0.240 e. The summed E-state index contributed by atoms with van der Waals surface area (Å²) < 4.78 is 34.7. The normalized spacial score (nSPS) is 11.6. The van der Waals surface area contributed by atoms with E-state index in [9.17, 15) is 12.8 Å². The van der Waals surface area contributed by atoms with Crippen LogP contribution in [0.2, 0.25) is 0 Å². The third-order valence-corrected chi connectivity index (χ3v) is 2.66. The van der Waals surface area contributed by atoms with Crippen molar-refractivity contribution in [3.63, 3.8) is 0 Å². The van der Waals surface area contributed by atoms with Gasteiger partial charge in [0.1, 0.15) is 10.7 Å². The number of hydrogen-bond acceptors (Lipinski definition) is 2. The van der Waals surface area contributed by atoms with Crippen LogP contribution in [0.15, 0.2) is 23.1 Å². The Labute approximate surface area is 76.4 Å². The van der Waals surface area contributed by atoms with Crippen LogP contribution in [0.1, 0.15) is 12.5 Å². The molecule has 3 nitrogen and oxygen atoms in total. The van der Waals surface area contributed by atoms with Gasteiger partial charge in [0, 0.05) is 0 Å². The fourth-order valence-corrected chi connectivity index (χ4v) is 1.58. The summed E-state index contributed by atoms with van der Waals surface area (Å²) in [4.78, 5) is -0.454. The second-order valence-corrected chi connectivity index (χ2v) is 4.19. The molecule has 0 atom stereocenters. The van der Waals surface area contributed by atoms with Crippen LogP contribution in [0.4, 0.5) is 4.39 Å². The van der Waals surface area contributed by atoms with Crippen molar-refractivity contribution < 1.29 is 12.8 Å². The fourth-order valence-electron chi connectivity index (χ4n) is 0.995. The van der Waals surface area contributed by atoms with Crippen molar-refractivity contribution in [2.45, 2.75) is 18.2 Å². The van der Waals surface area contributed by atoms with E-state index < -0.39 is 20.7 Å². The van der Waals surface area contributed by atoms with Crippen molar-refractivity contribution in [1.82, 2.24) is 0 Å². The van der Waals surface area contributed by atoms with E-state index in [2.05, 4.69) is 0 Å². The van der Waals surface area contributed by atoms with Gasteiger partial charge in [-0.25, -0.2) is 17.9 Å². The first-order chi connectivity index (χ1) is 5.95. The lowest BCUT2D eigenvalue weighted by Crippen LogP contribution is -2.14. The molecule has 5 heteroatoms. The molecule has 0 amide bonds. The molecule has 1 aromatic rings. The molecule has 72 valence electrons. The zero-order valence-corrected chi connectivity index (χ0v) is 7.94. The second kappa shape index (κ2) is 3.43. The van der Waals surface area contributed by atoms with Crippen molar-refractivity contribution in [2.75, 3.05) is 0 Å². The van der Waals surface area contributed by atoms with Gasteiger partial charge in [-0.1, -0.05) is 13.0 Å². The molecule has 0 bridgehead atoms. The van der Waals surface area contributed by atoms with E-state index >= 15 is 0 Å². The average molecular weight is 203 g/mol. The SMILES string of the molecule is CCc1ccc(S(N)(=O)=O)c(F)c1. The molecule has 0 aliphatic rings. The Balaban J connectivity index is 3.29. The maximum atomic E-state index is 13.1. The maximum absolute atomic E-state index is 13.1. The zero-order valence-electron chi connectivity index (χ0n) is 7.12. The van der Waals surface area contributed by atoms with Gasteiger partial charge < -0.3 is 0 Å². The van der Waals surface area contributed by atoms with Gasteiger partial charge >= 0.3 is 0 Å². The molecule has 0 unspecified atom stereocenters. The standard InChI is InChI=1S/C8H10FNO2S/c1-2-6-3-4-8(7(9)5-6)13(10,11)12/h3-5H,2H2,1H3,(H2,10,11,12). The minimum atomic E-state index is -3.93. The molecule has 1 aromatic carbocycles. The van der Waals surface area contributed by atoms with Crippen molar-refractivity contribution >= 4 is 10.0 Å². The van der Waals surface area contributed by atoms with Gasteiger partial charge in [0.05, 0.1) is 0 Å². The van der Waals surface area contributed by atoms with Gasteiger partial charge in [-0.3, -0.25) is 0 Å². The smallest absolute Gasteiger partial charge is 0.225 e. The zero-order chi connectivity index (χ0) is 10.1. The summed E-state index contributed by atoms with van der Waals surface area (Å²) in [6, 6.07) is 3.91. The van der Waals surface area contributed by atoms with Gasteiger partial charge in [-0.15, -0.1) is 0 Å².